The molecule has 30 heavy (non-hydrogen) atoms. The zero-order valence-corrected chi connectivity index (χ0v) is 16.7. The minimum Gasteiger partial charge on any atom is -0.454 e. The van der Waals surface area contributed by atoms with Crippen LogP contribution in [0.4, 0.5) is 0 Å². The van der Waals surface area contributed by atoms with Gasteiger partial charge in [0, 0.05) is 25.4 Å². The van der Waals surface area contributed by atoms with Crippen molar-refractivity contribution in [2.24, 2.45) is 5.92 Å². The third-order valence-corrected chi connectivity index (χ3v) is 6.30. The molecule has 1 amide bonds. The van der Waals surface area contributed by atoms with Crippen LogP contribution in [0.15, 0.2) is 35.3 Å². The average molecular weight is 412 g/mol. The second-order valence-corrected chi connectivity index (χ2v) is 8.08. The number of aliphatic hydroxyl groups is 1. The average Bonchev–Trinajstić information content (AvgIpc) is 3.39. The van der Waals surface area contributed by atoms with E-state index in [1.54, 1.807) is 42.3 Å². The fourth-order valence-electron chi connectivity index (χ4n) is 4.72. The first kappa shape index (κ1) is 19.1. The minimum absolute atomic E-state index is 0.0830. The predicted octanol–water partition coefficient (Wildman–Crippen LogP) is 1.49. The van der Waals surface area contributed by atoms with Crippen molar-refractivity contribution in [3.63, 3.8) is 0 Å². The normalized spacial score (nSPS) is 24.7. The lowest BCUT2D eigenvalue weighted by atomic mass is 10.1. The molecule has 1 N–H and O–H groups in total. The molecule has 0 radical (unpaired) electrons. The first-order valence-corrected chi connectivity index (χ1v) is 10.2. The van der Waals surface area contributed by atoms with Crippen molar-refractivity contribution in [1.29, 1.82) is 0 Å². The number of carbonyl (C=O) groups excluding carboxylic acids is 1. The zero-order valence-electron chi connectivity index (χ0n) is 16.7. The minimum atomic E-state index is -0.362. The number of aromatic nitrogens is 1. The molecule has 3 heterocycles. The van der Waals surface area contributed by atoms with E-state index < -0.39 is 0 Å². The number of amides is 1. The van der Waals surface area contributed by atoms with E-state index in [9.17, 15) is 14.7 Å². The van der Waals surface area contributed by atoms with E-state index in [2.05, 4.69) is 0 Å². The van der Waals surface area contributed by atoms with Gasteiger partial charge in [0.2, 0.25) is 6.79 Å². The molecule has 5 rings (SSSR count). The first-order chi connectivity index (χ1) is 14.6. The fraction of sp³-hybridized carbons (Fsp3) is 0.455. The summed E-state index contributed by atoms with van der Waals surface area (Å²) in [6, 6.07) is 6.93. The third-order valence-electron chi connectivity index (χ3n) is 6.30. The van der Waals surface area contributed by atoms with Crippen LogP contribution in [0.3, 0.4) is 0 Å². The van der Waals surface area contributed by atoms with Gasteiger partial charge in [-0.05, 0) is 49.4 Å². The highest BCUT2D eigenvalue weighted by molar-refractivity contribution is 5.95. The van der Waals surface area contributed by atoms with Crippen LogP contribution in [-0.4, -0.2) is 59.2 Å². The van der Waals surface area contributed by atoms with Crippen molar-refractivity contribution >= 4 is 5.91 Å². The lowest BCUT2D eigenvalue weighted by molar-refractivity contribution is -0.0449. The second kappa shape index (κ2) is 7.45. The van der Waals surface area contributed by atoms with Gasteiger partial charge in [0.25, 0.3) is 11.5 Å². The highest BCUT2D eigenvalue weighted by Crippen LogP contribution is 2.35. The molecular formula is C22H24N2O6. The Morgan fingerprint density at radius 1 is 1.20 bits per heavy atom. The molecule has 8 nitrogen and oxygen atoms in total. The number of nitrogens with zero attached hydrogens (tertiary/aromatic N) is 2. The largest absolute Gasteiger partial charge is 0.454 e. The summed E-state index contributed by atoms with van der Waals surface area (Å²) in [6.45, 7) is 2.89. The standard InChI is InChI=1S/C22H24N2O6/c1-13-4-5-23(15-2-3-17-19(10-15)30-12-29-17)21(26)20(13)22(27)24-6-7-28-18-9-14(11-25)8-16(18)24/h2-5,10,14,16,18,25H,6-9,11-12H2,1H3/t14-,16+,18?/m1/s1. The first-order valence-electron chi connectivity index (χ1n) is 10.2. The molecule has 2 aromatic rings. The van der Waals surface area contributed by atoms with Crippen LogP contribution in [0.1, 0.15) is 28.8 Å². The van der Waals surface area contributed by atoms with Crippen molar-refractivity contribution in [3.8, 4) is 17.2 Å². The number of fused-ring (bicyclic) bond motifs is 2. The molecule has 2 fully saturated rings. The second-order valence-electron chi connectivity index (χ2n) is 8.08. The van der Waals surface area contributed by atoms with Gasteiger partial charge in [-0.3, -0.25) is 14.2 Å². The Morgan fingerprint density at radius 2 is 2.03 bits per heavy atom. The van der Waals surface area contributed by atoms with Gasteiger partial charge in [0.05, 0.1) is 24.4 Å². The summed E-state index contributed by atoms with van der Waals surface area (Å²) in [5, 5.41) is 9.54. The van der Waals surface area contributed by atoms with E-state index in [-0.39, 0.29) is 48.5 Å². The molecule has 1 saturated carbocycles. The topological polar surface area (TPSA) is 90.2 Å². The Hall–Kier alpha value is -2.84. The maximum atomic E-state index is 13.5. The molecule has 2 aliphatic heterocycles. The van der Waals surface area contributed by atoms with Gasteiger partial charge in [-0.15, -0.1) is 0 Å². The van der Waals surface area contributed by atoms with Crippen LogP contribution in [0.5, 0.6) is 11.5 Å². The van der Waals surface area contributed by atoms with Gasteiger partial charge < -0.3 is 24.2 Å². The number of ether oxygens (including phenoxy) is 3. The van der Waals surface area contributed by atoms with Crippen molar-refractivity contribution in [1.82, 2.24) is 9.47 Å². The number of aliphatic hydroxyl groups excluding tert-OH is 1. The molecule has 158 valence electrons. The molecule has 3 atom stereocenters. The van der Waals surface area contributed by atoms with E-state index >= 15 is 0 Å². The summed E-state index contributed by atoms with van der Waals surface area (Å²) in [5.41, 5.74) is 1.06. The Kier molecular flexibility index (Phi) is 4.75. The molecule has 1 aromatic heterocycles. The van der Waals surface area contributed by atoms with Gasteiger partial charge in [-0.25, -0.2) is 0 Å². The number of hydrogen-bond donors (Lipinski definition) is 1. The van der Waals surface area contributed by atoms with Crippen LogP contribution in [0.25, 0.3) is 5.69 Å². The summed E-state index contributed by atoms with van der Waals surface area (Å²) in [7, 11) is 0. The molecule has 1 aliphatic carbocycles. The maximum Gasteiger partial charge on any atom is 0.268 e. The number of hydrogen-bond acceptors (Lipinski definition) is 6. The van der Waals surface area contributed by atoms with Crippen molar-refractivity contribution in [2.75, 3.05) is 26.6 Å². The monoisotopic (exact) mass is 412 g/mol. The lowest BCUT2D eigenvalue weighted by Gasteiger charge is -2.37. The van der Waals surface area contributed by atoms with Gasteiger partial charge in [0.1, 0.15) is 5.56 Å². The van der Waals surface area contributed by atoms with Crippen LogP contribution in [0.2, 0.25) is 0 Å². The van der Waals surface area contributed by atoms with E-state index in [0.29, 0.717) is 42.3 Å². The van der Waals surface area contributed by atoms with Crippen molar-refractivity contribution in [2.45, 2.75) is 31.9 Å². The molecule has 1 unspecified atom stereocenters. The smallest absolute Gasteiger partial charge is 0.268 e. The summed E-state index contributed by atoms with van der Waals surface area (Å²) in [4.78, 5) is 28.6. The molecular weight excluding hydrogens is 388 g/mol. The maximum absolute atomic E-state index is 13.5. The highest BCUT2D eigenvalue weighted by atomic mass is 16.7. The predicted molar refractivity (Wildman–Crippen MR) is 107 cm³/mol. The quantitative estimate of drug-likeness (QED) is 0.822. The van der Waals surface area contributed by atoms with Crippen molar-refractivity contribution in [3.05, 3.63) is 51.9 Å². The van der Waals surface area contributed by atoms with Gasteiger partial charge >= 0.3 is 0 Å². The van der Waals surface area contributed by atoms with Gasteiger partial charge in [-0.1, -0.05) is 0 Å². The molecule has 0 bridgehead atoms. The SMILES string of the molecule is Cc1ccn(-c2ccc3c(c2)OCO3)c(=O)c1C(=O)N1CCOC2C[C@H](CO)C[C@@H]21. The Balaban J connectivity index is 1.51. The summed E-state index contributed by atoms with van der Waals surface area (Å²) in [5.74, 6) is 1.05. The summed E-state index contributed by atoms with van der Waals surface area (Å²) >= 11 is 0. The molecule has 3 aliphatic rings. The van der Waals surface area contributed by atoms with Crippen LogP contribution < -0.4 is 15.0 Å². The number of morpholine rings is 1. The molecule has 8 heteroatoms. The Morgan fingerprint density at radius 3 is 2.87 bits per heavy atom. The van der Waals surface area contributed by atoms with Crippen LogP contribution in [0, 0.1) is 12.8 Å². The lowest BCUT2D eigenvalue weighted by Crippen LogP contribution is -2.52. The van der Waals surface area contributed by atoms with Gasteiger partial charge in [0.15, 0.2) is 11.5 Å². The van der Waals surface area contributed by atoms with Crippen molar-refractivity contribution < 1.29 is 24.1 Å². The molecule has 1 aromatic carbocycles. The molecule has 1 saturated heterocycles. The summed E-state index contributed by atoms with van der Waals surface area (Å²) < 4.78 is 18.1. The zero-order chi connectivity index (χ0) is 20.8. The summed E-state index contributed by atoms with van der Waals surface area (Å²) in [6.07, 6.45) is 3.01. The Labute approximate surface area is 173 Å². The van der Waals surface area contributed by atoms with Crippen LogP contribution in [-0.2, 0) is 4.74 Å². The van der Waals surface area contributed by atoms with Crippen LogP contribution >= 0.6 is 0 Å². The number of rotatable bonds is 3. The number of benzene rings is 1. The van der Waals surface area contributed by atoms with Gasteiger partial charge in [-0.2, -0.15) is 0 Å². The third kappa shape index (κ3) is 3.07. The number of carbonyl (C=O) groups is 1. The molecule has 0 spiro atoms. The Bertz CT molecular complexity index is 1050. The van der Waals surface area contributed by atoms with E-state index in [4.69, 9.17) is 14.2 Å². The number of aryl methyl sites for hydroxylation is 1. The van der Waals surface area contributed by atoms with E-state index in [1.807, 2.05) is 0 Å². The fourth-order valence-corrected chi connectivity index (χ4v) is 4.72. The highest BCUT2D eigenvalue weighted by Gasteiger charge is 2.43. The number of pyridine rings is 1. The van der Waals surface area contributed by atoms with E-state index in [1.165, 1.54) is 4.57 Å². The van der Waals surface area contributed by atoms with E-state index in [0.717, 1.165) is 6.42 Å².